The molecule has 0 saturated heterocycles. The third-order valence-corrected chi connectivity index (χ3v) is 8.57. The van der Waals surface area contributed by atoms with Gasteiger partial charge >= 0.3 is 0 Å². The predicted octanol–water partition coefficient (Wildman–Crippen LogP) is 10.7. The van der Waals surface area contributed by atoms with E-state index in [0.29, 0.717) is 0 Å². The van der Waals surface area contributed by atoms with Gasteiger partial charge in [-0.25, -0.2) is 4.98 Å². The van der Waals surface area contributed by atoms with Crippen molar-refractivity contribution in [2.45, 2.75) is 19.8 Å². The van der Waals surface area contributed by atoms with Crippen molar-refractivity contribution in [3.05, 3.63) is 151 Å². The second-order valence-corrected chi connectivity index (χ2v) is 11.2. The van der Waals surface area contributed by atoms with Gasteiger partial charge in [0.25, 0.3) is 0 Å². The minimum Gasteiger partial charge on any atom is -0.296 e. The van der Waals surface area contributed by atoms with Crippen molar-refractivity contribution in [1.82, 2.24) is 9.55 Å². The maximum Gasteiger partial charge on any atom is 0.145 e. The van der Waals surface area contributed by atoms with Gasteiger partial charge in [-0.3, -0.25) is 4.57 Å². The average Bonchev–Trinajstić information content (AvgIpc) is 3.44. The fraction of sp³-hybridized carbons (Fsp3) is 0.0750. The second-order valence-electron chi connectivity index (χ2n) is 11.2. The summed E-state index contributed by atoms with van der Waals surface area (Å²) in [7, 11) is 0. The van der Waals surface area contributed by atoms with Gasteiger partial charge in [0.05, 0.1) is 11.0 Å². The molecule has 6 aromatic carbocycles. The van der Waals surface area contributed by atoms with Gasteiger partial charge in [-0.05, 0) is 81.8 Å². The molecule has 0 aliphatic heterocycles. The topological polar surface area (TPSA) is 17.8 Å². The highest BCUT2D eigenvalue weighted by Crippen LogP contribution is 2.44. The first-order chi connectivity index (χ1) is 20.8. The van der Waals surface area contributed by atoms with Crippen LogP contribution in [0, 0.1) is 6.92 Å². The van der Waals surface area contributed by atoms with Crippen molar-refractivity contribution in [1.29, 1.82) is 0 Å². The van der Waals surface area contributed by atoms with Crippen LogP contribution >= 0.6 is 0 Å². The largest absolute Gasteiger partial charge is 0.296 e. The van der Waals surface area contributed by atoms with E-state index in [1.54, 1.807) is 0 Å². The van der Waals surface area contributed by atoms with Crippen LogP contribution < -0.4 is 0 Å². The standard InChI is InChI=1S/C40H30N2/c1-27-20-25-34-35(26-27)39(33-17-9-8-16-32(33)38(34)28-12-4-2-5-13-28)29-21-23-31(24-22-29)42-37-19-11-10-18-36(37)41-40(42)30-14-6-3-7-15-30/h2-21,23,25-26H,22,24H2,1H3. The summed E-state index contributed by atoms with van der Waals surface area (Å²) in [5, 5.41) is 5.25. The Labute approximate surface area is 245 Å². The molecule has 200 valence electrons. The number of hydrogen-bond acceptors (Lipinski definition) is 1. The summed E-state index contributed by atoms with van der Waals surface area (Å²) in [6.45, 7) is 2.20. The number of para-hydroxylation sites is 2. The molecule has 1 aromatic heterocycles. The monoisotopic (exact) mass is 538 g/mol. The quantitative estimate of drug-likeness (QED) is 0.204. The van der Waals surface area contributed by atoms with E-state index in [0.717, 1.165) is 35.3 Å². The van der Waals surface area contributed by atoms with Crippen molar-refractivity contribution in [3.8, 4) is 22.5 Å². The van der Waals surface area contributed by atoms with Gasteiger partial charge in [0.15, 0.2) is 0 Å². The molecule has 0 spiro atoms. The Morgan fingerprint density at radius 3 is 1.93 bits per heavy atom. The van der Waals surface area contributed by atoms with E-state index in [2.05, 4.69) is 151 Å². The van der Waals surface area contributed by atoms with Gasteiger partial charge in [0, 0.05) is 11.3 Å². The Balaban J connectivity index is 1.35. The molecule has 0 atom stereocenters. The summed E-state index contributed by atoms with van der Waals surface area (Å²) in [6, 6.07) is 45.7. The zero-order chi connectivity index (χ0) is 28.0. The molecule has 1 heterocycles. The molecular weight excluding hydrogens is 508 g/mol. The molecule has 0 bridgehead atoms. The molecular formula is C40H30N2. The van der Waals surface area contributed by atoms with Crippen LogP contribution in [0.4, 0.5) is 0 Å². The maximum atomic E-state index is 5.07. The first-order valence-electron chi connectivity index (χ1n) is 14.7. The summed E-state index contributed by atoms with van der Waals surface area (Å²) in [5.41, 5.74) is 11.2. The molecule has 0 unspecified atom stereocenters. The minimum atomic E-state index is 0.939. The predicted molar refractivity (Wildman–Crippen MR) is 178 cm³/mol. The molecule has 0 amide bonds. The number of benzene rings is 6. The summed E-state index contributed by atoms with van der Waals surface area (Å²) in [4.78, 5) is 5.07. The van der Waals surface area contributed by atoms with E-state index in [-0.39, 0.29) is 0 Å². The Morgan fingerprint density at radius 1 is 0.548 bits per heavy atom. The first-order valence-corrected chi connectivity index (χ1v) is 14.7. The Hall–Kier alpha value is -5.21. The number of nitrogens with zero attached hydrogens (tertiary/aromatic N) is 2. The molecule has 7 aromatic rings. The Bertz CT molecular complexity index is 2180. The molecule has 0 N–H and O–H groups in total. The van der Waals surface area contributed by atoms with Crippen LogP contribution in [0.1, 0.15) is 24.0 Å². The van der Waals surface area contributed by atoms with Crippen LogP contribution in [0.2, 0.25) is 0 Å². The lowest BCUT2D eigenvalue weighted by atomic mass is 9.83. The Morgan fingerprint density at radius 2 is 1.19 bits per heavy atom. The van der Waals surface area contributed by atoms with E-state index in [4.69, 9.17) is 4.98 Å². The molecule has 2 nitrogen and oxygen atoms in total. The number of fused-ring (bicyclic) bond motifs is 3. The van der Waals surface area contributed by atoms with Crippen molar-refractivity contribution < 1.29 is 0 Å². The lowest BCUT2D eigenvalue weighted by molar-refractivity contribution is 0.972. The fourth-order valence-corrected chi connectivity index (χ4v) is 6.67. The van der Waals surface area contributed by atoms with E-state index in [1.165, 1.54) is 55.1 Å². The Kier molecular flexibility index (Phi) is 5.86. The van der Waals surface area contributed by atoms with Crippen molar-refractivity contribution in [3.63, 3.8) is 0 Å². The first kappa shape index (κ1) is 24.6. The van der Waals surface area contributed by atoms with Crippen LogP contribution in [0.15, 0.2) is 140 Å². The van der Waals surface area contributed by atoms with Gasteiger partial charge in [-0.15, -0.1) is 0 Å². The van der Waals surface area contributed by atoms with E-state index < -0.39 is 0 Å². The average molecular weight is 539 g/mol. The summed E-state index contributed by atoms with van der Waals surface area (Å²) >= 11 is 0. The minimum absolute atomic E-state index is 0.939. The highest BCUT2D eigenvalue weighted by Gasteiger charge is 2.21. The lowest BCUT2D eigenvalue weighted by Crippen LogP contribution is -2.04. The molecule has 1 aliphatic carbocycles. The fourth-order valence-electron chi connectivity index (χ4n) is 6.67. The van der Waals surface area contributed by atoms with Crippen LogP contribution in [-0.2, 0) is 0 Å². The summed E-state index contributed by atoms with van der Waals surface area (Å²) in [5.74, 6) is 0.999. The molecule has 1 aliphatic rings. The molecule has 42 heavy (non-hydrogen) atoms. The normalized spacial score (nSPS) is 13.5. The van der Waals surface area contributed by atoms with Gasteiger partial charge in [0.2, 0.25) is 0 Å². The second kappa shape index (κ2) is 10.0. The zero-order valence-corrected chi connectivity index (χ0v) is 23.6. The van der Waals surface area contributed by atoms with Crippen molar-refractivity contribution >= 4 is 43.8 Å². The third-order valence-electron chi connectivity index (χ3n) is 8.57. The zero-order valence-electron chi connectivity index (χ0n) is 23.6. The number of imidazole rings is 1. The van der Waals surface area contributed by atoms with Gasteiger partial charge in [-0.1, -0.05) is 127 Å². The van der Waals surface area contributed by atoms with E-state index in [1.807, 2.05) is 0 Å². The smallest absolute Gasteiger partial charge is 0.145 e. The lowest BCUT2D eigenvalue weighted by Gasteiger charge is -2.23. The number of rotatable bonds is 4. The van der Waals surface area contributed by atoms with Crippen molar-refractivity contribution in [2.75, 3.05) is 0 Å². The third kappa shape index (κ3) is 3.99. The molecule has 0 fully saturated rings. The number of aryl methyl sites for hydroxylation is 1. The number of aromatic nitrogens is 2. The van der Waals surface area contributed by atoms with Crippen LogP contribution in [0.25, 0.3) is 66.4 Å². The van der Waals surface area contributed by atoms with E-state index >= 15 is 0 Å². The molecule has 8 rings (SSSR count). The molecule has 0 radical (unpaired) electrons. The molecule has 0 saturated carbocycles. The van der Waals surface area contributed by atoms with Crippen LogP contribution in [0.5, 0.6) is 0 Å². The van der Waals surface area contributed by atoms with Gasteiger partial charge < -0.3 is 0 Å². The number of allylic oxidation sites excluding steroid dienone is 4. The van der Waals surface area contributed by atoms with E-state index in [9.17, 15) is 0 Å². The van der Waals surface area contributed by atoms with Crippen LogP contribution in [0.3, 0.4) is 0 Å². The number of hydrogen-bond donors (Lipinski definition) is 0. The van der Waals surface area contributed by atoms with Gasteiger partial charge in [0.1, 0.15) is 5.82 Å². The van der Waals surface area contributed by atoms with Crippen LogP contribution in [-0.4, -0.2) is 9.55 Å². The summed E-state index contributed by atoms with van der Waals surface area (Å²) < 4.78 is 2.36. The SMILES string of the molecule is Cc1ccc2c(-c3ccccc3)c3ccccc3c(C3=CC=C(n4c(-c5ccccc5)nc5ccccc54)CC3)c2c1. The summed E-state index contributed by atoms with van der Waals surface area (Å²) in [6.07, 6.45) is 6.58. The molecule has 2 heteroatoms. The van der Waals surface area contributed by atoms with Gasteiger partial charge in [-0.2, -0.15) is 0 Å². The highest BCUT2D eigenvalue weighted by molar-refractivity contribution is 6.19. The van der Waals surface area contributed by atoms with Crippen molar-refractivity contribution in [2.24, 2.45) is 0 Å². The maximum absolute atomic E-state index is 5.07. The highest BCUT2D eigenvalue weighted by atomic mass is 15.1.